The van der Waals surface area contributed by atoms with Crippen LogP contribution in [-0.2, 0) is 24.3 Å². The number of piperazine rings is 1. The van der Waals surface area contributed by atoms with Crippen molar-refractivity contribution in [3.05, 3.63) is 65.9 Å². The van der Waals surface area contributed by atoms with Crippen LogP contribution in [0.15, 0.2) is 49.1 Å². The third kappa shape index (κ3) is 8.08. The van der Waals surface area contributed by atoms with Crippen LogP contribution in [0.1, 0.15) is 43.0 Å². The zero-order valence-corrected chi connectivity index (χ0v) is 25.9. The topological polar surface area (TPSA) is 103 Å². The molecule has 1 amide bonds. The molecule has 44 heavy (non-hydrogen) atoms. The molecule has 234 valence electrons. The number of fused-ring (bicyclic) bond motifs is 1. The van der Waals surface area contributed by atoms with Gasteiger partial charge in [0.15, 0.2) is 0 Å². The number of amides is 1. The molecule has 0 spiro atoms. The lowest BCUT2D eigenvalue weighted by Gasteiger charge is -2.38. The van der Waals surface area contributed by atoms with Gasteiger partial charge in [-0.2, -0.15) is 5.10 Å². The first-order valence-corrected chi connectivity index (χ1v) is 16.2. The van der Waals surface area contributed by atoms with E-state index in [9.17, 15) is 4.79 Å². The first-order valence-electron chi connectivity index (χ1n) is 16.2. The lowest BCUT2D eigenvalue weighted by atomic mass is 9.97. The third-order valence-corrected chi connectivity index (χ3v) is 8.98. The second-order valence-electron chi connectivity index (χ2n) is 12.3. The zero-order valence-electron chi connectivity index (χ0n) is 25.9. The van der Waals surface area contributed by atoms with Gasteiger partial charge in [0.25, 0.3) is 0 Å². The number of ether oxygens (including phenoxy) is 1. The van der Waals surface area contributed by atoms with Crippen LogP contribution < -0.4 is 15.0 Å². The number of anilines is 1. The van der Waals surface area contributed by atoms with Gasteiger partial charge < -0.3 is 19.9 Å². The Morgan fingerprint density at radius 1 is 1.05 bits per heavy atom. The van der Waals surface area contributed by atoms with E-state index in [4.69, 9.17) is 4.74 Å². The van der Waals surface area contributed by atoms with Crippen molar-refractivity contribution in [2.75, 3.05) is 70.3 Å². The van der Waals surface area contributed by atoms with Crippen LogP contribution in [0.25, 0.3) is 0 Å². The number of piperidine rings is 1. The lowest BCUT2D eigenvalue weighted by Crippen LogP contribution is -2.48. The van der Waals surface area contributed by atoms with Gasteiger partial charge in [-0.05, 0) is 62.4 Å². The van der Waals surface area contributed by atoms with Crippen molar-refractivity contribution < 1.29 is 9.53 Å². The maximum Gasteiger partial charge on any atom is 0.240 e. The number of nitrogens with zero attached hydrogens (tertiary/aromatic N) is 8. The van der Waals surface area contributed by atoms with Gasteiger partial charge in [0.1, 0.15) is 12.1 Å². The molecule has 0 atom stereocenters. The zero-order chi connectivity index (χ0) is 30.1. The predicted molar refractivity (Wildman–Crippen MR) is 170 cm³/mol. The van der Waals surface area contributed by atoms with Crippen LogP contribution in [0.3, 0.4) is 0 Å². The Labute approximate surface area is 260 Å². The number of aromatic nitrogens is 4. The van der Waals surface area contributed by atoms with Crippen molar-refractivity contribution in [3.63, 3.8) is 0 Å². The van der Waals surface area contributed by atoms with E-state index in [0.29, 0.717) is 25.5 Å². The number of carbonyl (C=O) groups is 1. The Hall–Kier alpha value is -3.67. The molecular weight excluding hydrogens is 554 g/mol. The molecule has 2 aromatic heterocycles. The number of hydrogen-bond donors (Lipinski definition) is 1. The van der Waals surface area contributed by atoms with E-state index in [1.54, 1.807) is 6.33 Å². The maximum absolute atomic E-state index is 13.2. The molecule has 0 unspecified atom stereocenters. The van der Waals surface area contributed by atoms with Crippen molar-refractivity contribution in [3.8, 4) is 11.6 Å². The largest absolute Gasteiger partial charge is 0.437 e. The van der Waals surface area contributed by atoms with E-state index < -0.39 is 0 Å². The Balaban J connectivity index is 0.995. The molecule has 0 radical (unpaired) electrons. The lowest BCUT2D eigenvalue weighted by molar-refractivity contribution is -0.132. The number of carbonyl (C=O) groups excluding carboxylic acids is 1. The highest BCUT2D eigenvalue weighted by Gasteiger charge is 2.25. The second kappa shape index (κ2) is 14.9. The fourth-order valence-electron chi connectivity index (χ4n) is 6.53. The minimum absolute atomic E-state index is 0.152. The highest BCUT2D eigenvalue weighted by Crippen LogP contribution is 2.25. The Bertz CT molecular complexity index is 1350. The minimum Gasteiger partial charge on any atom is -0.437 e. The van der Waals surface area contributed by atoms with Gasteiger partial charge in [0.2, 0.25) is 11.8 Å². The summed E-state index contributed by atoms with van der Waals surface area (Å²) >= 11 is 0. The Kier molecular flexibility index (Phi) is 10.3. The Morgan fingerprint density at radius 3 is 2.73 bits per heavy atom. The van der Waals surface area contributed by atoms with Crippen LogP contribution in [0.5, 0.6) is 11.6 Å². The normalized spacial score (nSPS) is 17.9. The molecule has 6 rings (SSSR count). The van der Waals surface area contributed by atoms with Crippen molar-refractivity contribution in [2.45, 2.75) is 45.7 Å². The summed E-state index contributed by atoms with van der Waals surface area (Å²) in [5.74, 6) is 2.20. The average molecular weight is 600 g/mol. The van der Waals surface area contributed by atoms with E-state index in [-0.39, 0.29) is 5.91 Å². The summed E-state index contributed by atoms with van der Waals surface area (Å²) in [5.41, 5.74) is 4.30. The summed E-state index contributed by atoms with van der Waals surface area (Å²) in [6.07, 6.45) is 9.51. The first-order chi connectivity index (χ1) is 21.6. The summed E-state index contributed by atoms with van der Waals surface area (Å²) in [6.45, 7) is 13.0. The summed E-state index contributed by atoms with van der Waals surface area (Å²) < 4.78 is 6.18. The highest BCUT2D eigenvalue weighted by atomic mass is 16.5. The maximum atomic E-state index is 13.2. The van der Waals surface area contributed by atoms with E-state index in [1.165, 1.54) is 19.4 Å². The molecule has 2 fully saturated rings. The summed E-state index contributed by atoms with van der Waals surface area (Å²) in [7, 11) is 0. The summed E-state index contributed by atoms with van der Waals surface area (Å²) in [4.78, 5) is 30.8. The van der Waals surface area contributed by atoms with Gasteiger partial charge in [-0.1, -0.05) is 19.1 Å². The average Bonchev–Trinajstić information content (AvgIpc) is 3.46. The molecule has 5 heterocycles. The molecule has 11 nitrogen and oxygen atoms in total. The summed E-state index contributed by atoms with van der Waals surface area (Å²) in [6, 6.07) is 10.1. The molecule has 3 aliphatic heterocycles. The molecule has 1 aromatic carbocycles. The van der Waals surface area contributed by atoms with Crippen LogP contribution in [0, 0.1) is 5.92 Å². The molecule has 1 N–H and O–H groups in total. The van der Waals surface area contributed by atoms with E-state index >= 15 is 0 Å². The van der Waals surface area contributed by atoms with E-state index in [2.05, 4.69) is 53.2 Å². The SMILES string of the molecule is CCCN(CCc1cccc(Oc2cc(N3CCN(CC4CCNCC4)CC3)cnn2)c1)C(=O)CN1Cc2cncnc2C1. The molecule has 3 aliphatic rings. The second-order valence-corrected chi connectivity index (χ2v) is 12.3. The van der Waals surface area contributed by atoms with Crippen LogP contribution >= 0.6 is 0 Å². The number of hydrogen-bond acceptors (Lipinski definition) is 10. The molecule has 0 bridgehead atoms. The van der Waals surface area contributed by atoms with Gasteiger partial charge in [-0.15, -0.1) is 5.10 Å². The Morgan fingerprint density at radius 2 is 1.91 bits per heavy atom. The minimum atomic E-state index is 0.152. The van der Waals surface area contributed by atoms with Gasteiger partial charge >= 0.3 is 0 Å². The van der Waals surface area contributed by atoms with Crippen molar-refractivity contribution in [1.82, 2.24) is 40.2 Å². The van der Waals surface area contributed by atoms with Crippen LogP contribution in [0.4, 0.5) is 5.69 Å². The van der Waals surface area contributed by atoms with Crippen molar-refractivity contribution >= 4 is 11.6 Å². The van der Waals surface area contributed by atoms with Crippen LogP contribution in [0.2, 0.25) is 0 Å². The predicted octanol–water partition coefficient (Wildman–Crippen LogP) is 2.98. The molecule has 3 aromatic rings. The van der Waals surface area contributed by atoms with Crippen molar-refractivity contribution in [1.29, 1.82) is 0 Å². The fraction of sp³-hybridized carbons (Fsp3) is 0.545. The monoisotopic (exact) mass is 599 g/mol. The number of nitrogens with one attached hydrogen (secondary N) is 1. The van der Waals surface area contributed by atoms with Gasteiger partial charge in [-0.25, -0.2) is 9.97 Å². The molecular formula is C33H45N9O2. The number of benzene rings is 1. The highest BCUT2D eigenvalue weighted by molar-refractivity contribution is 5.78. The quantitative estimate of drug-likeness (QED) is 0.334. The van der Waals surface area contributed by atoms with E-state index in [1.807, 2.05) is 41.6 Å². The third-order valence-electron chi connectivity index (χ3n) is 8.98. The smallest absolute Gasteiger partial charge is 0.240 e. The fourth-order valence-corrected chi connectivity index (χ4v) is 6.53. The molecule has 2 saturated heterocycles. The van der Waals surface area contributed by atoms with Gasteiger partial charge in [0, 0.05) is 76.7 Å². The summed E-state index contributed by atoms with van der Waals surface area (Å²) in [5, 5.41) is 12.0. The van der Waals surface area contributed by atoms with Crippen LogP contribution in [-0.4, -0.2) is 106 Å². The molecule has 0 saturated carbocycles. The van der Waals surface area contributed by atoms with E-state index in [0.717, 1.165) is 99.4 Å². The molecule has 11 heteroatoms. The molecule has 0 aliphatic carbocycles. The standard InChI is InChI=1S/C33H45N9O2/c1-2-11-42(33(43)24-40-22-28-19-35-25-36-31(28)23-40)12-8-26-4-3-5-30(17-26)44-32-18-29(20-37-38-32)41-15-13-39(14-16-41)21-27-6-9-34-10-7-27/h3-5,17-20,25,27,34H,2,6-16,21-24H2,1H3. The number of rotatable bonds is 12. The van der Waals surface area contributed by atoms with Crippen molar-refractivity contribution in [2.24, 2.45) is 5.92 Å². The van der Waals surface area contributed by atoms with Gasteiger partial charge in [-0.3, -0.25) is 14.6 Å². The van der Waals surface area contributed by atoms with Gasteiger partial charge in [0.05, 0.1) is 24.1 Å². The first kappa shape index (κ1) is 30.4.